The topological polar surface area (TPSA) is 59.8 Å². The van der Waals surface area contributed by atoms with E-state index in [-0.39, 0.29) is 5.91 Å². The molecule has 5 heteroatoms. The molecule has 0 bridgehead atoms. The van der Waals surface area contributed by atoms with E-state index in [1.807, 2.05) is 29.0 Å². The Morgan fingerprint density at radius 2 is 2.00 bits per heavy atom. The molecule has 0 unspecified atom stereocenters. The van der Waals surface area contributed by atoms with Crippen molar-refractivity contribution in [2.24, 2.45) is 0 Å². The minimum absolute atomic E-state index is 0.0920. The van der Waals surface area contributed by atoms with Crippen LogP contribution in [0.4, 0.5) is 0 Å². The van der Waals surface area contributed by atoms with Crippen LogP contribution in [0.25, 0.3) is 16.9 Å². The van der Waals surface area contributed by atoms with Gasteiger partial charge in [0, 0.05) is 36.6 Å². The van der Waals surface area contributed by atoms with Crippen molar-refractivity contribution in [2.75, 3.05) is 7.05 Å². The lowest BCUT2D eigenvalue weighted by molar-refractivity contribution is 0.0963. The van der Waals surface area contributed by atoms with E-state index in [1.165, 1.54) is 0 Å². The first-order valence-electron chi connectivity index (χ1n) is 5.90. The normalized spacial score (nSPS) is 10.6. The minimum Gasteiger partial charge on any atom is -0.355 e. The molecule has 0 aliphatic heterocycles. The van der Waals surface area contributed by atoms with Gasteiger partial charge in [0.25, 0.3) is 5.91 Å². The van der Waals surface area contributed by atoms with E-state index in [0.29, 0.717) is 11.5 Å². The van der Waals surface area contributed by atoms with E-state index < -0.39 is 0 Å². The number of carbonyl (C=O) groups is 1. The summed E-state index contributed by atoms with van der Waals surface area (Å²) in [4.78, 5) is 20.0. The number of nitrogens with one attached hydrogen (secondary N) is 1. The highest BCUT2D eigenvalue weighted by atomic mass is 16.1. The summed E-state index contributed by atoms with van der Waals surface area (Å²) in [6, 6.07) is 9.27. The first-order valence-corrected chi connectivity index (χ1v) is 5.90. The van der Waals surface area contributed by atoms with Gasteiger partial charge in [-0.1, -0.05) is 0 Å². The number of rotatable bonds is 2. The van der Waals surface area contributed by atoms with Gasteiger partial charge in [-0.05, 0) is 30.3 Å². The molecule has 2 heterocycles. The Labute approximate surface area is 109 Å². The Kier molecular flexibility index (Phi) is 2.72. The van der Waals surface area contributed by atoms with Crippen molar-refractivity contribution in [1.82, 2.24) is 19.9 Å². The Hall–Kier alpha value is -2.69. The summed E-state index contributed by atoms with van der Waals surface area (Å²) < 4.78 is 1.89. The van der Waals surface area contributed by atoms with Crippen LogP contribution in [0.1, 0.15) is 10.4 Å². The fourth-order valence-electron chi connectivity index (χ4n) is 2.02. The lowest BCUT2D eigenvalue weighted by Gasteiger charge is -2.04. The van der Waals surface area contributed by atoms with Crippen molar-refractivity contribution in [3.8, 4) is 5.95 Å². The van der Waals surface area contributed by atoms with Crippen molar-refractivity contribution in [3.05, 3.63) is 54.5 Å². The first kappa shape index (κ1) is 11.4. The zero-order valence-corrected chi connectivity index (χ0v) is 10.4. The smallest absolute Gasteiger partial charge is 0.251 e. The fourth-order valence-corrected chi connectivity index (χ4v) is 2.02. The molecular weight excluding hydrogens is 240 g/mol. The molecule has 0 saturated carbocycles. The number of benzene rings is 1. The number of nitrogens with zero attached hydrogens (tertiary/aromatic N) is 3. The molecular formula is C14H12N4O. The predicted molar refractivity (Wildman–Crippen MR) is 72.3 cm³/mol. The lowest BCUT2D eigenvalue weighted by Crippen LogP contribution is -2.17. The largest absolute Gasteiger partial charge is 0.355 e. The van der Waals surface area contributed by atoms with Crippen molar-refractivity contribution < 1.29 is 4.79 Å². The third kappa shape index (κ3) is 1.95. The quantitative estimate of drug-likeness (QED) is 0.756. The van der Waals surface area contributed by atoms with Crippen LogP contribution < -0.4 is 5.32 Å². The predicted octanol–water partition coefficient (Wildman–Crippen LogP) is 1.78. The van der Waals surface area contributed by atoms with Crippen molar-refractivity contribution in [3.63, 3.8) is 0 Å². The van der Waals surface area contributed by atoms with E-state index in [9.17, 15) is 4.79 Å². The summed E-state index contributed by atoms with van der Waals surface area (Å²) in [7, 11) is 1.62. The molecule has 1 amide bonds. The minimum atomic E-state index is -0.0920. The number of aromatic nitrogens is 3. The Balaban J connectivity index is 2.13. The zero-order chi connectivity index (χ0) is 13.2. The Bertz CT molecular complexity index is 734. The Morgan fingerprint density at radius 3 is 2.74 bits per heavy atom. The summed E-state index contributed by atoms with van der Waals surface area (Å²) in [5.74, 6) is 0.524. The van der Waals surface area contributed by atoms with Gasteiger partial charge in [-0.2, -0.15) is 0 Å². The molecule has 0 atom stereocenters. The molecule has 94 valence electrons. The second kappa shape index (κ2) is 4.53. The third-order valence-electron chi connectivity index (χ3n) is 2.95. The molecule has 0 aliphatic carbocycles. The maximum absolute atomic E-state index is 11.6. The number of fused-ring (bicyclic) bond motifs is 1. The summed E-state index contributed by atoms with van der Waals surface area (Å²) in [6.07, 6.45) is 5.30. The molecule has 0 aliphatic rings. The van der Waals surface area contributed by atoms with Crippen LogP contribution in [-0.4, -0.2) is 27.5 Å². The van der Waals surface area contributed by atoms with Crippen molar-refractivity contribution in [2.45, 2.75) is 0 Å². The molecule has 0 saturated heterocycles. The van der Waals surface area contributed by atoms with Crippen LogP contribution in [0.5, 0.6) is 0 Å². The van der Waals surface area contributed by atoms with Crippen LogP contribution in [0.3, 0.4) is 0 Å². The molecule has 0 radical (unpaired) electrons. The number of amides is 1. The zero-order valence-electron chi connectivity index (χ0n) is 10.4. The number of hydrogen-bond acceptors (Lipinski definition) is 3. The second-order valence-corrected chi connectivity index (χ2v) is 4.09. The summed E-state index contributed by atoms with van der Waals surface area (Å²) in [6.45, 7) is 0. The molecule has 2 aromatic heterocycles. The van der Waals surface area contributed by atoms with Gasteiger partial charge < -0.3 is 5.32 Å². The molecule has 1 aromatic carbocycles. The SMILES string of the molecule is CNC(=O)c1ccc2c(ccn2-c2ncccn2)c1. The van der Waals surface area contributed by atoms with E-state index in [2.05, 4.69) is 15.3 Å². The second-order valence-electron chi connectivity index (χ2n) is 4.09. The van der Waals surface area contributed by atoms with Crippen LogP contribution >= 0.6 is 0 Å². The van der Waals surface area contributed by atoms with Gasteiger partial charge in [-0.3, -0.25) is 9.36 Å². The lowest BCUT2D eigenvalue weighted by atomic mass is 10.1. The molecule has 19 heavy (non-hydrogen) atoms. The summed E-state index contributed by atoms with van der Waals surface area (Å²) in [5, 5.41) is 3.59. The van der Waals surface area contributed by atoms with E-state index >= 15 is 0 Å². The highest BCUT2D eigenvalue weighted by Crippen LogP contribution is 2.19. The van der Waals surface area contributed by atoms with E-state index in [4.69, 9.17) is 0 Å². The van der Waals surface area contributed by atoms with Gasteiger partial charge in [-0.15, -0.1) is 0 Å². The Morgan fingerprint density at radius 1 is 1.21 bits per heavy atom. The first-order chi connectivity index (χ1) is 9.29. The monoisotopic (exact) mass is 252 g/mol. The molecule has 1 N–H and O–H groups in total. The molecule has 5 nitrogen and oxygen atoms in total. The van der Waals surface area contributed by atoms with Crippen LogP contribution in [0.2, 0.25) is 0 Å². The van der Waals surface area contributed by atoms with Gasteiger partial charge in [0.2, 0.25) is 5.95 Å². The molecule has 0 spiro atoms. The maximum Gasteiger partial charge on any atom is 0.251 e. The van der Waals surface area contributed by atoms with Gasteiger partial charge >= 0.3 is 0 Å². The van der Waals surface area contributed by atoms with Crippen LogP contribution in [-0.2, 0) is 0 Å². The summed E-state index contributed by atoms with van der Waals surface area (Å²) >= 11 is 0. The van der Waals surface area contributed by atoms with Gasteiger partial charge in [0.05, 0.1) is 5.52 Å². The van der Waals surface area contributed by atoms with E-state index in [1.54, 1.807) is 31.6 Å². The van der Waals surface area contributed by atoms with Gasteiger partial charge in [0.1, 0.15) is 0 Å². The maximum atomic E-state index is 11.6. The molecule has 0 fully saturated rings. The highest BCUT2D eigenvalue weighted by molar-refractivity contribution is 5.98. The highest BCUT2D eigenvalue weighted by Gasteiger charge is 2.08. The average Bonchev–Trinajstić information content (AvgIpc) is 2.90. The fraction of sp³-hybridized carbons (Fsp3) is 0.0714. The van der Waals surface area contributed by atoms with Crippen LogP contribution in [0, 0.1) is 0 Å². The molecule has 3 aromatic rings. The average molecular weight is 252 g/mol. The van der Waals surface area contributed by atoms with Crippen LogP contribution in [0.15, 0.2) is 48.9 Å². The number of hydrogen-bond donors (Lipinski definition) is 1. The number of carbonyl (C=O) groups excluding carboxylic acids is 1. The van der Waals surface area contributed by atoms with Gasteiger partial charge in [-0.25, -0.2) is 9.97 Å². The van der Waals surface area contributed by atoms with Crippen molar-refractivity contribution in [1.29, 1.82) is 0 Å². The molecule has 3 rings (SSSR count). The third-order valence-corrected chi connectivity index (χ3v) is 2.95. The van der Waals surface area contributed by atoms with Gasteiger partial charge in [0.15, 0.2) is 0 Å². The summed E-state index contributed by atoms with van der Waals surface area (Å²) in [5.41, 5.74) is 1.61. The van der Waals surface area contributed by atoms with E-state index in [0.717, 1.165) is 10.9 Å². The van der Waals surface area contributed by atoms with Crippen molar-refractivity contribution >= 4 is 16.8 Å². The standard InChI is InChI=1S/C14H12N4O/c1-15-13(19)11-3-4-12-10(9-11)5-8-18(12)14-16-6-2-7-17-14/h2-9H,1H3,(H,15,19).